The smallest absolute Gasteiger partial charge is 0.140 e. The lowest BCUT2D eigenvalue weighted by Crippen LogP contribution is -2.43. The molecule has 0 spiro atoms. The minimum atomic E-state index is -0.987. The van der Waals surface area contributed by atoms with Gasteiger partial charge in [-0.05, 0) is 31.5 Å². The van der Waals surface area contributed by atoms with Gasteiger partial charge in [0.1, 0.15) is 41.5 Å². The summed E-state index contributed by atoms with van der Waals surface area (Å²) in [6, 6.07) is 7.54. The summed E-state index contributed by atoms with van der Waals surface area (Å²) >= 11 is 0. The van der Waals surface area contributed by atoms with Crippen molar-refractivity contribution in [3.8, 4) is 5.75 Å². The molecular weight excluding hydrogens is 442 g/mol. The highest BCUT2D eigenvalue weighted by Crippen LogP contribution is 2.42. The normalized spacial score (nSPS) is 22.8. The molecule has 0 radical (unpaired) electrons. The average Bonchev–Trinajstić information content (AvgIpc) is 3.49. The van der Waals surface area contributed by atoms with E-state index in [0.717, 1.165) is 49.5 Å². The maximum atomic E-state index is 14.8. The standard InChI is InChI=1S/C24H28F2N6O2/c1-17-22(4-5-23(30-17)31-8-6-27-7-9-31)33-12-18-11-24(34-13-18,14-32-16-28-15-29-32)20-3-2-19(25)10-21(20)26/h2-5,10,15-16,18,27H,6-9,11-14H2,1H3/t18-,24-/m0/s1. The number of halogens is 2. The number of benzene rings is 1. The van der Waals surface area contributed by atoms with E-state index in [2.05, 4.69) is 20.3 Å². The number of nitrogens with zero attached hydrogens (tertiary/aromatic N) is 5. The third-order valence-electron chi connectivity index (χ3n) is 6.46. The molecule has 10 heteroatoms. The molecule has 0 aliphatic carbocycles. The number of aromatic nitrogens is 4. The highest BCUT2D eigenvalue weighted by Gasteiger charge is 2.44. The Morgan fingerprint density at radius 1 is 1.21 bits per heavy atom. The van der Waals surface area contributed by atoms with Gasteiger partial charge >= 0.3 is 0 Å². The molecule has 2 aliphatic rings. The van der Waals surface area contributed by atoms with Gasteiger partial charge in [-0.2, -0.15) is 5.10 Å². The Balaban J connectivity index is 1.29. The summed E-state index contributed by atoms with van der Waals surface area (Å²) in [5, 5.41) is 7.50. The first-order valence-electron chi connectivity index (χ1n) is 11.5. The second-order valence-electron chi connectivity index (χ2n) is 8.89. The van der Waals surface area contributed by atoms with Crippen LogP contribution >= 0.6 is 0 Å². The third kappa shape index (κ3) is 4.74. The molecule has 0 saturated carbocycles. The number of aryl methyl sites for hydroxylation is 1. The number of pyridine rings is 1. The van der Waals surface area contributed by atoms with Gasteiger partial charge in [-0.1, -0.05) is 6.07 Å². The molecule has 180 valence electrons. The van der Waals surface area contributed by atoms with E-state index in [0.29, 0.717) is 25.2 Å². The molecule has 2 fully saturated rings. The van der Waals surface area contributed by atoms with Gasteiger partial charge in [0.15, 0.2) is 0 Å². The number of hydrogen-bond donors (Lipinski definition) is 1. The van der Waals surface area contributed by atoms with Crippen LogP contribution in [0.25, 0.3) is 0 Å². The minimum Gasteiger partial charge on any atom is -0.491 e. The zero-order chi connectivity index (χ0) is 23.5. The summed E-state index contributed by atoms with van der Waals surface area (Å²) in [6.45, 7) is 6.76. The first-order chi connectivity index (χ1) is 16.5. The molecule has 34 heavy (non-hydrogen) atoms. The predicted octanol–water partition coefficient (Wildman–Crippen LogP) is 2.68. The van der Waals surface area contributed by atoms with E-state index in [1.807, 2.05) is 19.1 Å². The van der Waals surface area contributed by atoms with Crippen molar-refractivity contribution in [1.82, 2.24) is 25.1 Å². The van der Waals surface area contributed by atoms with Crippen LogP contribution in [0.2, 0.25) is 0 Å². The van der Waals surface area contributed by atoms with Crippen molar-refractivity contribution in [2.75, 3.05) is 44.3 Å². The first-order valence-corrected chi connectivity index (χ1v) is 11.5. The van der Waals surface area contributed by atoms with Gasteiger partial charge in [-0.3, -0.25) is 0 Å². The fourth-order valence-corrected chi connectivity index (χ4v) is 4.75. The summed E-state index contributed by atoms with van der Waals surface area (Å²) in [7, 11) is 0. The molecule has 8 nitrogen and oxygen atoms in total. The van der Waals surface area contributed by atoms with Crippen molar-refractivity contribution in [2.24, 2.45) is 5.92 Å². The maximum absolute atomic E-state index is 14.8. The molecule has 0 bridgehead atoms. The molecule has 2 aromatic heterocycles. The Bertz CT molecular complexity index is 1120. The van der Waals surface area contributed by atoms with Gasteiger partial charge < -0.3 is 19.7 Å². The number of anilines is 1. The Hall–Kier alpha value is -3.11. The van der Waals surface area contributed by atoms with Crippen LogP contribution in [0.5, 0.6) is 5.75 Å². The number of piperazine rings is 1. The highest BCUT2D eigenvalue weighted by molar-refractivity contribution is 5.44. The number of rotatable bonds is 7. The monoisotopic (exact) mass is 470 g/mol. The quantitative estimate of drug-likeness (QED) is 0.569. The molecule has 2 atom stereocenters. The van der Waals surface area contributed by atoms with Gasteiger partial charge in [0.25, 0.3) is 0 Å². The lowest BCUT2D eigenvalue weighted by Gasteiger charge is -2.29. The van der Waals surface area contributed by atoms with Crippen LogP contribution in [0.4, 0.5) is 14.6 Å². The fourth-order valence-electron chi connectivity index (χ4n) is 4.75. The lowest BCUT2D eigenvalue weighted by atomic mass is 9.87. The van der Waals surface area contributed by atoms with Crippen molar-refractivity contribution in [1.29, 1.82) is 0 Å². The molecule has 3 aromatic rings. The molecule has 2 saturated heterocycles. The predicted molar refractivity (Wildman–Crippen MR) is 122 cm³/mol. The fraction of sp³-hybridized carbons (Fsp3) is 0.458. The zero-order valence-electron chi connectivity index (χ0n) is 19.1. The van der Waals surface area contributed by atoms with Gasteiger partial charge in [-0.25, -0.2) is 23.4 Å². The van der Waals surface area contributed by atoms with E-state index < -0.39 is 17.2 Å². The van der Waals surface area contributed by atoms with E-state index >= 15 is 0 Å². The van der Waals surface area contributed by atoms with Crippen LogP contribution in [0, 0.1) is 24.5 Å². The van der Waals surface area contributed by atoms with E-state index in [1.165, 1.54) is 18.5 Å². The molecule has 0 unspecified atom stereocenters. The summed E-state index contributed by atoms with van der Waals surface area (Å²) in [4.78, 5) is 11.0. The largest absolute Gasteiger partial charge is 0.491 e. The third-order valence-corrected chi connectivity index (χ3v) is 6.46. The Labute approximate surface area is 196 Å². The zero-order valence-corrected chi connectivity index (χ0v) is 19.1. The Morgan fingerprint density at radius 3 is 2.79 bits per heavy atom. The molecule has 0 amide bonds. The number of hydrogen-bond acceptors (Lipinski definition) is 7. The van der Waals surface area contributed by atoms with Crippen molar-refractivity contribution in [3.05, 3.63) is 65.9 Å². The molecule has 2 aliphatic heterocycles. The Morgan fingerprint density at radius 2 is 2.06 bits per heavy atom. The lowest BCUT2D eigenvalue weighted by molar-refractivity contribution is -0.0206. The number of ether oxygens (including phenoxy) is 2. The van der Waals surface area contributed by atoms with Gasteiger partial charge in [0.05, 0.1) is 25.5 Å². The van der Waals surface area contributed by atoms with Crippen molar-refractivity contribution in [3.63, 3.8) is 0 Å². The molecule has 5 rings (SSSR count). The van der Waals surface area contributed by atoms with Crippen LogP contribution in [-0.2, 0) is 16.9 Å². The highest BCUT2D eigenvalue weighted by atomic mass is 19.1. The number of nitrogens with one attached hydrogen (secondary N) is 1. The topological polar surface area (TPSA) is 77.3 Å². The van der Waals surface area contributed by atoms with E-state index in [-0.39, 0.29) is 12.5 Å². The Kier molecular flexibility index (Phi) is 6.42. The van der Waals surface area contributed by atoms with E-state index in [9.17, 15) is 8.78 Å². The van der Waals surface area contributed by atoms with Crippen LogP contribution in [-0.4, -0.2) is 59.1 Å². The summed E-state index contributed by atoms with van der Waals surface area (Å²) < 4.78 is 42.3. The second-order valence-corrected chi connectivity index (χ2v) is 8.89. The van der Waals surface area contributed by atoms with E-state index in [1.54, 1.807) is 11.0 Å². The molecule has 1 aromatic carbocycles. The van der Waals surface area contributed by atoms with Crippen LogP contribution < -0.4 is 15.0 Å². The SMILES string of the molecule is Cc1nc(N2CCNCC2)ccc1OC[C@H]1CO[C@@](Cn2cncn2)(c2ccc(F)cc2F)C1. The molecule has 4 heterocycles. The van der Waals surface area contributed by atoms with Gasteiger partial charge in [-0.15, -0.1) is 0 Å². The van der Waals surface area contributed by atoms with Gasteiger partial charge in [0, 0.05) is 43.7 Å². The summed E-state index contributed by atoms with van der Waals surface area (Å²) in [5.41, 5.74) is 0.150. The van der Waals surface area contributed by atoms with Crippen LogP contribution in [0.3, 0.4) is 0 Å². The van der Waals surface area contributed by atoms with Crippen LogP contribution in [0.15, 0.2) is 43.0 Å². The average molecular weight is 471 g/mol. The molecular formula is C24H28F2N6O2. The van der Waals surface area contributed by atoms with Crippen molar-refractivity contribution < 1.29 is 18.3 Å². The second kappa shape index (κ2) is 9.63. The van der Waals surface area contributed by atoms with E-state index in [4.69, 9.17) is 14.5 Å². The maximum Gasteiger partial charge on any atom is 0.140 e. The van der Waals surface area contributed by atoms with Crippen LogP contribution in [0.1, 0.15) is 17.7 Å². The van der Waals surface area contributed by atoms with Crippen molar-refractivity contribution in [2.45, 2.75) is 25.5 Å². The minimum absolute atomic E-state index is 0.0141. The molecule has 1 N–H and O–H groups in total. The van der Waals surface area contributed by atoms with Crippen molar-refractivity contribution >= 4 is 5.82 Å². The summed E-state index contributed by atoms with van der Waals surface area (Å²) in [5.74, 6) is 0.433. The van der Waals surface area contributed by atoms with Gasteiger partial charge in [0.2, 0.25) is 0 Å². The summed E-state index contributed by atoms with van der Waals surface area (Å²) in [6.07, 6.45) is 3.48. The first kappa shape index (κ1) is 22.7.